The minimum absolute atomic E-state index is 0. The van der Waals surface area contributed by atoms with Gasteiger partial charge in [0.15, 0.2) is 0 Å². The second kappa shape index (κ2) is 9.61. The maximum atomic E-state index is 12.2. The van der Waals surface area contributed by atoms with Crippen LogP contribution in [0, 0.1) is 5.92 Å². The van der Waals surface area contributed by atoms with Crippen LogP contribution in [0.25, 0.3) is 0 Å². The predicted octanol–water partition coefficient (Wildman–Crippen LogP) is 4.15. The van der Waals surface area contributed by atoms with E-state index in [0.717, 1.165) is 25.1 Å². The van der Waals surface area contributed by atoms with Gasteiger partial charge in [0.1, 0.15) is 0 Å². The van der Waals surface area contributed by atoms with Crippen molar-refractivity contribution in [3.63, 3.8) is 0 Å². The van der Waals surface area contributed by atoms with Gasteiger partial charge in [-0.2, -0.15) is 0 Å². The van der Waals surface area contributed by atoms with E-state index in [9.17, 15) is 4.79 Å². The van der Waals surface area contributed by atoms with E-state index in [-0.39, 0.29) is 18.3 Å². The summed E-state index contributed by atoms with van der Waals surface area (Å²) in [5.41, 5.74) is 0.963. The first-order valence-corrected chi connectivity index (χ1v) is 8.20. The van der Waals surface area contributed by atoms with Crippen LogP contribution >= 0.6 is 35.6 Å². The average Bonchev–Trinajstić information content (AvgIpc) is 2.44. The van der Waals surface area contributed by atoms with Crippen molar-refractivity contribution in [1.29, 1.82) is 0 Å². The van der Waals surface area contributed by atoms with E-state index in [0.29, 0.717) is 28.9 Å². The normalized spacial score (nSPS) is 15.2. The van der Waals surface area contributed by atoms with Gasteiger partial charge in [-0.1, -0.05) is 23.2 Å². The van der Waals surface area contributed by atoms with Gasteiger partial charge in [-0.15, -0.1) is 12.4 Å². The first-order valence-electron chi connectivity index (χ1n) is 7.44. The molecule has 1 N–H and O–H groups in total. The zero-order chi connectivity index (χ0) is 15.2. The van der Waals surface area contributed by atoms with Gasteiger partial charge < -0.3 is 10.2 Å². The highest BCUT2D eigenvalue weighted by Gasteiger charge is 2.16. The van der Waals surface area contributed by atoms with Gasteiger partial charge in [0, 0.05) is 30.1 Å². The quantitative estimate of drug-likeness (QED) is 0.850. The molecule has 1 fully saturated rings. The third-order valence-electron chi connectivity index (χ3n) is 3.99. The van der Waals surface area contributed by atoms with Gasteiger partial charge in [0.05, 0.1) is 0 Å². The Balaban J connectivity index is 0.00000242. The number of carbonyl (C=O) groups is 1. The van der Waals surface area contributed by atoms with Gasteiger partial charge in [-0.05, 0) is 62.0 Å². The molecular formula is C16H23Cl3N2O. The smallest absolute Gasteiger partial charge is 0.222 e. The first kappa shape index (κ1) is 19.6. The van der Waals surface area contributed by atoms with Crippen molar-refractivity contribution in [3.05, 3.63) is 33.8 Å². The van der Waals surface area contributed by atoms with Crippen LogP contribution < -0.4 is 5.32 Å². The maximum Gasteiger partial charge on any atom is 0.222 e. The first-order chi connectivity index (χ1) is 10.0. The summed E-state index contributed by atoms with van der Waals surface area (Å²) in [7, 11) is 1.83. The summed E-state index contributed by atoms with van der Waals surface area (Å²) in [6.07, 6.45) is 3.97. The average molecular weight is 366 g/mol. The summed E-state index contributed by atoms with van der Waals surface area (Å²) in [6.45, 7) is 2.71. The van der Waals surface area contributed by atoms with Crippen LogP contribution in [0.3, 0.4) is 0 Å². The molecule has 3 nitrogen and oxygen atoms in total. The van der Waals surface area contributed by atoms with Crippen LogP contribution in [-0.2, 0) is 11.3 Å². The Morgan fingerprint density at radius 1 is 1.23 bits per heavy atom. The lowest BCUT2D eigenvalue weighted by molar-refractivity contribution is -0.130. The lowest BCUT2D eigenvalue weighted by Gasteiger charge is -2.23. The standard InChI is InChI=1S/C16H22Cl2N2O.ClH/c1-20(11-13-8-14(17)10-15(18)9-13)16(21)3-2-12-4-6-19-7-5-12;/h8-10,12,19H,2-7,11H2,1H3;1H. The summed E-state index contributed by atoms with van der Waals surface area (Å²) in [5.74, 6) is 0.869. The number of nitrogens with zero attached hydrogens (tertiary/aromatic N) is 1. The lowest BCUT2D eigenvalue weighted by Crippen LogP contribution is -2.30. The molecule has 1 aromatic carbocycles. The summed E-state index contributed by atoms with van der Waals surface area (Å²) < 4.78 is 0. The highest BCUT2D eigenvalue weighted by atomic mass is 35.5. The topological polar surface area (TPSA) is 32.3 Å². The molecule has 0 aliphatic carbocycles. The zero-order valence-electron chi connectivity index (χ0n) is 12.8. The van der Waals surface area contributed by atoms with Crippen molar-refractivity contribution in [2.45, 2.75) is 32.2 Å². The van der Waals surface area contributed by atoms with Crippen molar-refractivity contribution < 1.29 is 4.79 Å². The Morgan fingerprint density at radius 3 is 2.41 bits per heavy atom. The largest absolute Gasteiger partial charge is 0.341 e. The van der Waals surface area contributed by atoms with Crippen molar-refractivity contribution >= 4 is 41.5 Å². The molecule has 1 heterocycles. The van der Waals surface area contributed by atoms with Crippen LogP contribution in [0.15, 0.2) is 18.2 Å². The number of nitrogens with one attached hydrogen (secondary N) is 1. The van der Waals surface area contributed by atoms with E-state index in [4.69, 9.17) is 23.2 Å². The van der Waals surface area contributed by atoms with Gasteiger partial charge >= 0.3 is 0 Å². The zero-order valence-corrected chi connectivity index (χ0v) is 15.1. The third-order valence-corrected chi connectivity index (χ3v) is 4.43. The molecule has 0 atom stereocenters. The lowest BCUT2D eigenvalue weighted by atomic mass is 9.93. The number of halogens is 3. The Labute approximate surface area is 148 Å². The molecule has 0 spiro atoms. The van der Waals surface area contributed by atoms with Crippen LogP contribution in [0.1, 0.15) is 31.2 Å². The van der Waals surface area contributed by atoms with Crippen LogP contribution in [-0.4, -0.2) is 30.9 Å². The molecular weight excluding hydrogens is 343 g/mol. The van der Waals surface area contributed by atoms with Crippen LogP contribution in [0.4, 0.5) is 0 Å². The molecule has 1 aliphatic heterocycles. The molecule has 0 bridgehead atoms. The minimum atomic E-state index is 0. The monoisotopic (exact) mass is 364 g/mol. The number of benzene rings is 1. The van der Waals surface area contributed by atoms with Gasteiger partial charge in [0.25, 0.3) is 0 Å². The molecule has 1 amide bonds. The van der Waals surface area contributed by atoms with Gasteiger partial charge in [0.2, 0.25) is 5.91 Å². The third kappa shape index (κ3) is 6.33. The minimum Gasteiger partial charge on any atom is -0.341 e. The number of amides is 1. The van der Waals surface area contributed by atoms with Gasteiger partial charge in [-0.3, -0.25) is 4.79 Å². The number of carbonyl (C=O) groups excluding carboxylic acids is 1. The molecule has 0 aromatic heterocycles. The van der Waals surface area contributed by atoms with Crippen molar-refractivity contribution in [1.82, 2.24) is 10.2 Å². The number of hydrogen-bond donors (Lipinski definition) is 1. The molecule has 6 heteroatoms. The maximum absolute atomic E-state index is 12.2. The summed E-state index contributed by atoms with van der Waals surface area (Å²) in [4.78, 5) is 14.0. The summed E-state index contributed by atoms with van der Waals surface area (Å²) in [5, 5.41) is 4.56. The fourth-order valence-electron chi connectivity index (χ4n) is 2.75. The molecule has 1 saturated heterocycles. The SMILES string of the molecule is CN(Cc1cc(Cl)cc(Cl)c1)C(=O)CCC1CCNCC1.Cl. The number of hydrogen-bond acceptors (Lipinski definition) is 2. The second-order valence-electron chi connectivity index (χ2n) is 5.76. The van der Waals surface area contributed by atoms with Crippen molar-refractivity contribution in [3.8, 4) is 0 Å². The summed E-state index contributed by atoms with van der Waals surface area (Å²) in [6, 6.07) is 5.40. The Hall–Kier alpha value is -0.480. The molecule has 1 aliphatic rings. The van der Waals surface area contributed by atoms with E-state index < -0.39 is 0 Å². The highest BCUT2D eigenvalue weighted by molar-refractivity contribution is 6.34. The fraction of sp³-hybridized carbons (Fsp3) is 0.562. The molecule has 0 unspecified atom stereocenters. The second-order valence-corrected chi connectivity index (χ2v) is 6.63. The molecule has 22 heavy (non-hydrogen) atoms. The Kier molecular flexibility index (Phi) is 8.55. The van der Waals surface area contributed by atoms with E-state index in [2.05, 4.69) is 5.32 Å². The van der Waals surface area contributed by atoms with E-state index in [1.165, 1.54) is 12.8 Å². The molecule has 0 radical (unpaired) electrons. The van der Waals surface area contributed by atoms with Gasteiger partial charge in [-0.25, -0.2) is 0 Å². The summed E-state index contributed by atoms with van der Waals surface area (Å²) >= 11 is 12.0. The molecule has 0 saturated carbocycles. The van der Waals surface area contributed by atoms with E-state index in [1.54, 1.807) is 11.0 Å². The number of rotatable bonds is 5. The molecule has 1 aromatic rings. The van der Waals surface area contributed by atoms with E-state index >= 15 is 0 Å². The fourth-order valence-corrected chi connectivity index (χ4v) is 3.32. The highest BCUT2D eigenvalue weighted by Crippen LogP contribution is 2.21. The van der Waals surface area contributed by atoms with E-state index in [1.807, 2.05) is 19.2 Å². The van der Waals surface area contributed by atoms with Crippen molar-refractivity contribution in [2.24, 2.45) is 5.92 Å². The Morgan fingerprint density at radius 2 is 1.82 bits per heavy atom. The predicted molar refractivity (Wildman–Crippen MR) is 95.0 cm³/mol. The Bertz CT molecular complexity index is 470. The molecule has 124 valence electrons. The molecule has 2 rings (SSSR count). The van der Waals surface area contributed by atoms with Crippen molar-refractivity contribution in [2.75, 3.05) is 20.1 Å². The van der Waals surface area contributed by atoms with Crippen LogP contribution in [0.2, 0.25) is 10.0 Å². The van der Waals surface area contributed by atoms with Crippen LogP contribution in [0.5, 0.6) is 0 Å². The number of piperidine rings is 1.